The Morgan fingerprint density at radius 3 is 2.79 bits per heavy atom. The van der Waals surface area contributed by atoms with Gasteiger partial charge < -0.3 is 10.6 Å². The monoisotopic (exact) mass is 265 g/mol. The van der Waals surface area contributed by atoms with Crippen LogP contribution < -0.4 is 10.6 Å². The highest BCUT2D eigenvalue weighted by molar-refractivity contribution is 5.54. The summed E-state index contributed by atoms with van der Waals surface area (Å²) in [4.78, 5) is 4.84. The van der Waals surface area contributed by atoms with E-state index < -0.39 is 0 Å². The Labute approximate surface area is 115 Å². The second kappa shape index (κ2) is 6.35. The van der Waals surface area contributed by atoms with Crippen molar-refractivity contribution in [2.45, 2.75) is 26.3 Å². The maximum absolute atomic E-state index is 13.4. The van der Waals surface area contributed by atoms with E-state index in [9.17, 15) is 4.39 Å². The molecule has 0 saturated carbocycles. The van der Waals surface area contributed by atoms with Crippen molar-refractivity contribution < 1.29 is 4.39 Å². The lowest BCUT2D eigenvalue weighted by Crippen LogP contribution is -2.52. The molecule has 3 nitrogen and oxygen atoms in total. The molecule has 0 radical (unpaired) electrons. The minimum absolute atomic E-state index is 0.174. The minimum Gasteiger partial charge on any atom is -0.368 e. The van der Waals surface area contributed by atoms with Crippen LogP contribution in [0.15, 0.2) is 18.2 Å². The van der Waals surface area contributed by atoms with Crippen LogP contribution in [-0.4, -0.2) is 43.7 Å². The average Bonchev–Trinajstić information content (AvgIpc) is 2.39. The van der Waals surface area contributed by atoms with Gasteiger partial charge in [-0.15, -0.1) is 0 Å². The normalized spacial score (nSPS) is 20.8. The van der Waals surface area contributed by atoms with E-state index in [2.05, 4.69) is 23.6 Å². The van der Waals surface area contributed by atoms with E-state index in [1.165, 1.54) is 0 Å². The van der Waals surface area contributed by atoms with E-state index in [-0.39, 0.29) is 5.82 Å². The number of halogens is 1. The number of nitrogens with two attached hydrogens (primary N) is 1. The molecule has 1 saturated heterocycles. The van der Waals surface area contributed by atoms with Crippen molar-refractivity contribution >= 4 is 5.69 Å². The highest BCUT2D eigenvalue weighted by Gasteiger charge is 2.23. The van der Waals surface area contributed by atoms with E-state index in [1.807, 2.05) is 6.07 Å². The van der Waals surface area contributed by atoms with Crippen LogP contribution in [0.2, 0.25) is 0 Å². The molecule has 0 spiro atoms. The third kappa shape index (κ3) is 3.25. The lowest BCUT2D eigenvalue weighted by atomic mass is 10.1. The molecule has 0 bridgehead atoms. The van der Waals surface area contributed by atoms with Gasteiger partial charge in [-0.05, 0) is 50.2 Å². The van der Waals surface area contributed by atoms with Gasteiger partial charge in [-0.3, -0.25) is 4.90 Å². The molecule has 1 aliphatic heterocycles. The first-order chi connectivity index (χ1) is 9.15. The fraction of sp³-hybridized carbons (Fsp3) is 0.600. The quantitative estimate of drug-likeness (QED) is 0.902. The Morgan fingerprint density at radius 2 is 2.16 bits per heavy atom. The van der Waals surface area contributed by atoms with Gasteiger partial charge in [-0.25, -0.2) is 4.39 Å². The van der Waals surface area contributed by atoms with Gasteiger partial charge in [0.05, 0.1) is 0 Å². The van der Waals surface area contributed by atoms with Crippen molar-refractivity contribution in [2.24, 2.45) is 5.73 Å². The lowest BCUT2D eigenvalue weighted by Gasteiger charge is -2.41. The van der Waals surface area contributed by atoms with Crippen LogP contribution in [0.5, 0.6) is 0 Å². The summed E-state index contributed by atoms with van der Waals surface area (Å²) in [7, 11) is 0. The SMILES string of the molecule is CCN1CCN(c2ccc(F)cc2CCN)CC1C. The van der Waals surface area contributed by atoms with Crippen molar-refractivity contribution in [3.05, 3.63) is 29.6 Å². The standard InChI is InChI=1S/C15H24FN3/c1-3-18-8-9-19(11-12(18)2)15-5-4-14(16)10-13(15)6-7-17/h4-5,10,12H,3,6-9,11,17H2,1-2H3. The lowest BCUT2D eigenvalue weighted by molar-refractivity contribution is 0.199. The number of hydrogen-bond acceptors (Lipinski definition) is 3. The summed E-state index contributed by atoms with van der Waals surface area (Å²) in [6.45, 7) is 9.16. The van der Waals surface area contributed by atoms with E-state index >= 15 is 0 Å². The van der Waals surface area contributed by atoms with E-state index in [1.54, 1.807) is 12.1 Å². The van der Waals surface area contributed by atoms with Crippen molar-refractivity contribution in [3.8, 4) is 0 Å². The summed E-state index contributed by atoms with van der Waals surface area (Å²) in [6, 6.07) is 5.61. The first-order valence-electron chi connectivity index (χ1n) is 7.13. The van der Waals surface area contributed by atoms with Gasteiger partial charge in [0.25, 0.3) is 0 Å². The Morgan fingerprint density at radius 1 is 1.37 bits per heavy atom. The average molecular weight is 265 g/mol. The highest BCUT2D eigenvalue weighted by atomic mass is 19.1. The first kappa shape index (κ1) is 14.3. The van der Waals surface area contributed by atoms with E-state index in [0.717, 1.165) is 43.9 Å². The molecular weight excluding hydrogens is 241 g/mol. The number of nitrogens with zero attached hydrogens (tertiary/aromatic N) is 2. The van der Waals surface area contributed by atoms with Crippen LogP contribution in [0.1, 0.15) is 19.4 Å². The molecule has 1 aliphatic rings. The van der Waals surface area contributed by atoms with E-state index in [4.69, 9.17) is 5.73 Å². The largest absolute Gasteiger partial charge is 0.368 e. The molecule has 1 fully saturated rings. The maximum atomic E-state index is 13.4. The molecule has 106 valence electrons. The fourth-order valence-corrected chi connectivity index (χ4v) is 2.90. The molecule has 1 unspecified atom stereocenters. The van der Waals surface area contributed by atoms with Crippen LogP contribution in [0.4, 0.5) is 10.1 Å². The van der Waals surface area contributed by atoms with Gasteiger partial charge in [-0.1, -0.05) is 6.92 Å². The number of hydrogen-bond donors (Lipinski definition) is 1. The van der Waals surface area contributed by atoms with Crippen molar-refractivity contribution in [2.75, 3.05) is 37.6 Å². The molecule has 4 heteroatoms. The summed E-state index contributed by atoms with van der Waals surface area (Å²) in [6.07, 6.45) is 0.732. The number of likely N-dealkylation sites (N-methyl/N-ethyl adjacent to an activating group) is 1. The topological polar surface area (TPSA) is 32.5 Å². The highest BCUT2D eigenvalue weighted by Crippen LogP contribution is 2.24. The van der Waals surface area contributed by atoms with Gasteiger partial charge in [-0.2, -0.15) is 0 Å². The Balaban J connectivity index is 2.18. The van der Waals surface area contributed by atoms with Crippen LogP contribution in [0.25, 0.3) is 0 Å². The number of rotatable bonds is 4. The summed E-state index contributed by atoms with van der Waals surface area (Å²) < 4.78 is 13.4. The maximum Gasteiger partial charge on any atom is 0.123 e. The number of anilines is 1. The molecule has 1 heterocycles. The number of piperazine rings is 1. The second-order valence-corrected chi connectivity index (χ2v) is 5.24. The molecule has 2 N–H and O–H groups in total. The third-order valence-corrected chi connectivity index (χ3v) is 3.97. The van der Waals surface area contributed by atoms with Crippen LogP contribution in [0, 0.1) is 5.82 Å². The smallest absolute Gasteiger partial charge is 0.123 e. The zero-order valence-electron chi connectivity index (χ0n) is 11.9. The summed E-state index contributed by atoms with van der Waals surface area (Å²) in [5.41, 5.74) is 7.81. The first-order valence-corrected chi connectivity index (χ1v) is 7.13. The Hall–Kier alpha value is -1.13. The molecule has 1 aromatic carbocycles. The summed E-state index contributed by atoms with van der Waals surface area (Å²) in [5.74, 6) is -0.174. The molecule has 0 aliphatic carbocycles. The molecule has 1 aromatic rings. The molecule has 19 heavy (non-hydrogen) atoms. The molecule has 0 aromatic heterocycles. The Bertz CT molecular complexity index is 422. The number of benzene rings is 1. The fourth-order valence-electron chi connectivity index (χ4n) is 2.90. The zero-order valence-corrected chi connectivity index (χ0v) is 11.9. The van der Waals surface area contributed by atoms with Gasteiger partial charge in [0, 0.05) is 31.4 Å². The van der Waals surface area contributed by atoms with E-state index in [0.29, 0.717) is 12.6 Å². The van der Waals surface area contributed by atoms with Gasteiger partial charge in [0.15, 0.2) is 0 Å². The van der Waals surface area contributed by atoms with Gasteiger partial charge in [0.2, 0.25) is 0 Å². The predicted molar refractivity (Wildman–Crippen MR) is 78.1 cm³/mol. The van der Waals surface area contributed by atoms with Crippen molar-refractivity contribution in [1.29, 1.82) is 0 Å². The second-order valence-electron chi connectivity index (χ2n) is 5.24. The Kier molecular flexibility index (Phi) is 4.77. The third-order valence-electron chi connectivity index (χ3n) is 3.97. The molecule has 2 rings (SSSR count). The van der Waals surface area contributed by atoms with Crippen LogP contribution in [0.3, 0.4) is 0 Å². The van der Waals surface area contributed by atoms with Crippen molar-refractivity contribution in [1.82, 2.24) is 4.90 Å². The molecular formula is C15H24FN3. The van der Waals surface area contributed by atoms with Crippen LogP contribution in [-0.2, 0) is 6.42 Å². The molecule has 1 atom stereocenters. The minimum atomic E-state index is -0.174. The molecule has 0 amide bonds. The van der Waals surface area contributed by atoms with Gasteiger partial charge >= 0.3 is 0 Å². The zero-order chi connectivity index (χ0) is 13.8. The van der Waals surface area contributed by atoms with Gasteiger partial charge in [0.1, 0.15) is 5.82 Å². The van der Waals surface area contributed by atoms with Crippen molar-refractivity contribution in [3.63, 3.8) is 0 Å². The summed E-state index contributed by atoms with van der Waals surface area (Å²) >= 11 is 0. The van der Waals surface area contributed by atoms with Crippen LogP contribution >= 0.6 is 0 Å². The predicted octanol–water partition coefficient (Wildman–Crippen LogP) is 1.86. The summed E-state index contributed by atoms with van der Waals surface area (Å²) in [5, 5.41) is 0.